The highest BCUT2D eigenvalue weighted by molar-refractivity contribution is 5.88. The summed E-state index contributed by atoms with van der Waals surface area (Å²) < 4.78 is 30.3. The van der Waals surface area contributed by atoms with Crippen LogP contribution in [0.3, 0.4) is 0 Å². The van der Waals surface area contributed by atoms with Crippen LogP contribution in [-0.4, -0.2) is 49.0 Å². The number of nitrogens with one attached hydrogen (secondary N) is 2. The first-order valence-corrected chi connectivity index (χ1v) is 10.2. The monoisotopic (exact) mass is 431 g/mol. The van der Waals surface area contributed by atoms with Crippen LogP contribution in [0.15, 0.2) is 48.5 Å². The molecule has 0 radical (unpaired) electrons. The first kappa shape index (κ1) is 22.5. The van der Waals surface area contributed by atoms with E-state index in [1.165, 1.54) is 11.0 Å². The van der Waals surface area contributed by atoms with Crippen LogP contribution in [0, 0.1) is 0 Å². The number of rotatable bonds is 10. The van der Waals surface area contributed by atoms with Crippen LogP contribution in [0.4, 0.5) is 14.5 Å². The van der Waals surface area contributed by atoms with Gasteiger partial charge in [0.2, 0.25) is 11.8 Å². The van der Waals surface area contributed by atoms with Crippen LogP contribution in [0.25, 0.3) is 0 Å². The van der Waals surface area contributed by atoms with Gasteiger partial charge in [0.1, 0.15) is 11.8 Å². The molecule has 1 aliphatic rings. The molecular weight excluding hydrogens is 404 g/mol. The van der Waals surface area contributed by atoms with Crippen molar-refractivity contribution in [3.63, 3.8) is 0 Å². The molecule has 3 rings (SSSR count). The standard InChI is InChI=1S/C23H27F2N3O3/c1-15(22(30)28(2)14-21(29)27-18-8-9-18)26-19-10-11-20(31-23(24)25)17(13-19)12-16-6-4-3-5-7-16/h3-7,10-11,13,15,18,23,26H,8-9,12,14H2,1-2H3,(H,27,29). The Morgan fingerprint density at radius 1 is 1.16 bits per heavy atom. The molecule has 0 aromatic heterocycles. The molecule has 0 bridgehead atoms. The van der Waals surface area contributed by atoms with Gasteiger partial charge in [0, 0.05) is 30.8 Å². The lowest BCUT2D eigenvalue weighted by molar-refractivity contribution is -0.135. The minimum absolute atomic E-state index is 0.0121. The second-order valence-corrected chi connectivity index (χ2v) is 7.77. The summed E-state index contributed by atoms with van der Waals surface area (Å²) in [6, 6.07) is 13.8. The molecule has 1 saturated carbocycles. The number of amides is 2. The number of benzene rings is 2. The van der Waals surface area contributed by atoms with Gasteiger partial charge in [-0.2, -0.15) is 8.78 Å². The van der Waals surface area contributed by atoms with Crippen molar-refractivity contribution in [3.8, 4) is 5.75 Å². The first-order valence-electron chi connectivity index (χ1n) is 10.2. The molecule has 2 N–H and O–H groups in total. The maximum atomic E-state index is 12.8. The third kappa shape index (κ3) is 6.94. The van der Waals surface area contributed by atoms with E-state index in [2.05, 4.69) is 15.4 Å². The van der Waals surface area contributed by atoms with Crippen molar-refractivity contribution in [2.75, 3.05) is 18.9 Å². The second-order valence-electron chi connectivity index (χ2n) is 7.77. The van der Waals surface area contributed by atoms with E-state index < -0.39 is 12.7 Å². The van der Waals surface area contributed by atoms with Gasteiger partial charge in [-0.3, -0.25) is 9.59 Å². The Morgan fingerprint density at radius 3 is 2.52 bits per heavy atom. The van der Waals surface area contributed by atoms with Gasteiger partial charge >= 0.3 is 6.61 Å². The lowest BCUT2D eigenvalue weighted by Gasteiger charge is -2.23. The number of likely N-dealkylation sites (N-methyl/N-ethyl adjacent to an activating group) is 1. The van der Waals surface area contributed by atoms with E-state index >= 15 is 0 Å². The highest BCUT2D eigenvalue weighted by Crippen LogP contribution is 2.27. The van der Waals surface area contributed by atoms with Gasteiger partial charge in [-0.25, -0.2) is 0 Å². The van der Waals surface area contributed by atoms with Crippen LogP contribution >= 0.6 is 0 Å². The molecule has 0 saturated heterocycles. The summed E-state index contributed by atoms with van der Waals surface area (Å²) in [5.41, 5.74) is 2.13. The van der Waals surface area contributed by atoms with E-state index in [9.17, 15) is 18.4 Å². The quantitative estimate of drug-likeness (QED) is 0.605. The molecule has 6 nitrogen and oxygen atoms in total. The van der Waals surface area contributed by atoms with Crippen LogP contribution in [-0.2, 0) is 16.0 Å². The van der Waals surface area contributed by atoms with E-state index in [1.54, 1.807) is 26.1 Å². The molecular formula is C23H27F2N3O3. The number of anilines is 1. The molecule has 8 heteroatoms. The van der Waals surface area contributed by atoms with Gasteiger partial charge in [-0.15, -0.1) is 0 Å². The Labute approximate surface area is 180 Å². The molecule has 1 unspecified atom stereocenters. The third-order valence-corrected chi connectivity index (χ3v) is 4.97. The Hall–Kier alpha value is -3.16. The summed E-state index contributed by atoms with van der Waals surface area (Å²) in [5, 5.41) is 5.94. The second kappa shape index (κ2) is 10.2. The average molecular weight is 431 g/mol. The van der Waals surface area contributed by atoms with E-state index in [1.807, 2.05) is 30.3 Å². The maximum Gasteiger partial charge on any atom is 0.387 e. The van der Waals surface area contributed by atoms with Crippen molar-refractivity contribution >= 4 is 17.5 Å². The van der Waals surface area contributed by atoms with Crippen molar-refractivity contribution < 1.29 is 23.1 Å². The summed E-state index contributed by atoms with van der Waals surface area (Å²) in [4.78, 5) is 25.9. The van der Waals surface area contributed by atoms with Crippen LogP contribution in [0.2, 0.25) is 0 Å². The molecule has 31 heavy (non-hydrogen) atoms. The smallest absolute Gasteiger partial charge is 0.387 e. The normalized spacial score (nSPS) is 14.1. The van der Waals surface area contributed by atoms with Gasteiger partial charge < -0.3 is 20.3 Å². The molecule has 1 atom stereocenters. The fourth-order valence-corrected chi connectivity index (χ4v) is 3.27. The molecule has 0 aliphatic heterocycles. The minimum Gasteiger partial charge on any atom is -0.435 e. The predicted octanol–water partition coefficient (Wildman–Crippen LogP) is 3.42. The van der Waals surface area contributed by atoms with Crippen LogP contribution < -0.4 is 15.4 Å². The minimum atomic E-state index is -2.93. The summed E-state index contributed by atoms with van der Waals surface area (Å²) in [6.45, 7) is -1.25. The van der Waals surface area contributed by atoms with Crippen molar-refractivity contribution in [2.24, 2.45) is 0 Å². The van der Waals surface area contributed by atoms with Crippen LogP contribution in [0.5, 0.6) is 5.75 Å². The average Bonchev–Trinajstić information content (AvgIpc) is 3.53. The van der Waals surface area contributed by atoms with Gasteiger partial charge in [0.15, 0.2) is 0 Å². The molecule has 0 heterocycles. The zero-order chi connectivity index (χ0) is 22.4. The Kier molecular flexibility index (Phi) is 7.44. The number of halogens is 2. The lowest BCUT2D eigenvalue weighted by Crippen LogP contribution is -2.44. The van der Waals surface area contributed by atoms with Crippen molar-refractivity contribution in [1.82, 2.24) is 10.2 Å². The SMILES string of the molecule is CC(Nc1ccc(OC(F)F)c(Cc2ccccc2)c1)C(=O)N(C)CC(=O)NC1CC1. The fourth-order valence-electron chi connectivity index (χ4n) is 3.27. The van der Waals surface area contributed by atoms with Gasteiger partial charge in [-0.1, -0.05) is 30.3 Å². The molecule has 166 valence electrons. The number of hydrogen-bond donors (Lipinski definition) is 2. The maximum absolute atomic E-state index is 12.8. The Bertz CT molecular complexity index is 904. The number of nitrogens with zero attached hydrogens (tertiary/aromatic N) is 1. The Morgan fingerprint density at radius 2 is 1.87 bits per heavy atom. The summed E-state index contributed by atoms with van der Waals surface area (Å²) >= 11 is 0. The number of ether oxygens (including phenoxy) is 1. The van der Waals surface area contributed by atoms with Crippen LogP contribution in [0.1, 0.15) is 30.9 Å². The van der Waals surface area contributed by atoms with E-state index in [4.69, 9.17) is 0 Å². The summed E-state index contributed by atoms with van der Waals surface area (Å²) in [6.07, 6.45) is 2.37. The van der Waals surface area contributed by atoms with E-state index in [0.717, 1.165) is 18.4 Å². The third-order valence-electron chi connectivity index (χ3n) is 4.97. The van der Waals surface area contributed by atoms with Gasteiger partial charge in [-0.05, 0) is 43.5 Å². The van der Waals surface area contributed by atoms with Gasteiger partial charge in [0.25, 0.3) is 0 Å². The lowest BCUT2D eigenvalue weighted by atomic mass is 10.0. The topological polar surface area (TPSA) is 70.7 Å². The largest absolute Gasteiger partial charge is 0.435 e. The Balaban J connectivity index is 1.67. The van der Waals surface area contributed by atoms with E-state index in [-0.39, 0.29) is 30.2 Å². The predicted molar refractivity (Wildman–Crippen MR) is 114 cm³/mol. The number of hydrogen-bond acceptors (Lipinski definition) is 4. The number of alkyl halides is 2. The number of carbonyl (C=O) groups is 2. The molecule has 0 spiro atoms. The zero-order valence-corrected chi connectivity index (χ0v) is 17.6. The zero-order valence-electron chi connectivity index (χ0n) is 17.6. The van der Waals surface area contributed by atoms with E-state index in [0.29, 0.717) is 17.7 Å². The highest BCUT2D eigenvalue weighted by atomic mass is 19.3. The molecule has 2 aromatic rings. The molecule has 1 fully saturated rings. The summed E-state index contributed by atoms with van der Waals surface area (Å²) in [5.74, 6) is -0.329. The number of carbonyl (C=O) groups excluding carboxylic acids is 2. The van der Waals surface area contributed by atoms with Gasteiger partial charge in [0.05, 0.1) is 6.54 Å². The molecule has 2 amide bonds. The fraction of sp³-hybridized carbons (Fsp3) is 0.391. The summed E-state index contributed by atoms with van der Waals surface area (Å²) in [7, 11) is 1.58. The van der Waals surface area contributed by atoms with Crippen molar-refractivity contribution in [1.29, 1.82) is 0 Å². The first-order chi connectivity index (χ1) is 14.8. The highest BCUT2D eigenvalue weighted by Gasteiger charge is 2.25. The van der Waals surface area contributed by atoms with Crippen molar-refractivity contribution in [3.05, 3.63) is 59.7 Å². The van der Waals surface area contributed by atoms with Crippen molar-refractivity contribution in [2.45, 2.75) is 44.9 Å². The molecule has 1 aliphatic carbocycles. The molecule has 2 aromatic carbocycles.